The van der Waals surface area contributed by atoms with Crippen molar-refractivity contribution in [3.63, 3.8) is 0 Å². The highest BCUT2D eigenvalue weighted by molar-refractivity contribution is 7.71. The zero-order chi connectivity index (χ0) is 21.3. The second kappa shape index (κ2) is 8.19. The first-order valence-electron chi connectivity index (χ1n) is 9.55. The monoisotopic (exact) mass is 425 g/mol. The number of hydrogen-bond donors (Lipinski definition) is 3. The van der Waals surface area contributed by atoms with Gasteiger partial charge in [-0.15, -0.1) is 0 Å². The van der Waals surface area contributed by atoms with Crippen molar-refractivity contribution in [2.75, 3.05) is 5.32 Å². The van der Waals surface area contributed by atoms with Gasteiger partial charge in [0.2, 0.25) is 0 Å². The summed E-state index contributed by atoms with van der Waals surface area (Å²) in [6.07, 6.45) is 2.08. The number of hydrogen-bond acceptors (Lipinski definition) is 4. The Morgan fingerprint density at radius 2 is 1.90 bits per heavy atom. The molecule has 0 atom stereocenters. The van der Waals surface area contributed by atoms with Gasteiger partial charge in [0.1, 0.15) is 5.82 Å². The summed E-state index contributed by atoms with van der Waals surface area (Å²) in [7, 11) is 0. The molecule has 0 bridgehead atoms. The third kappa shape index (κ3) is 4.02. The lowest BCUT2D eigenvalue weighted by atomic mass is 10.1. The highest BCUT2D eigenvalue weighted by Gasteiger charge is 2.27. The maximum atomic E-state index is 14.0. The van der Waals surface area contributed by atoms with Crippen molar-refractivity contribution >= 4 is 29.7 Å². The number of carbonyl (C=O) groups is 2. The van der Waals surface area contributed by atoms with Gasteiger partial charge in [-0.1, -0.05) is 24.3 Å². The van der Waals surface area contributed by atoms with Gasteiger partial charge >= 0.3 is 0 Å². The van der Waals surface area contributed by atoms with Crippen molar-refractivity contribution < 1.29 is 14.0 Å². The summed E-state index contributed by atoms with van der Waals surface area (Å²) in [5.41, 5.74) is 1.22. The first kappa shape index (κ1) is 20.0. The number of amides is 2. The molecule has 1 aliphatic carbocycles. The van der Waals surface area contributed by atoms with Crippen molar-refractivity contribution in [1.82, 2.24) is 20.1 Å². The Morgan fingerprint density at radius 3 is 2.63 bits per heavy atom. The predicted molar refractivity (Wildman–Crippen MR) is 112 cm³/mol. The van der Waals surface area contributed by atoms with Crippen LogP contribution in [0.15, 0.2) is 42.5 Å². The second-order valence-corrected chi connectivity index (χ2v) is 7.55. The fourth-order valence-corrected chi connectivity index (χ4v) is 3.58. The van der Waals surface area contributed by atoms with Gasteiger partial charge in [-0.2, -0.15) is 5.10 Å². The van der Waals surface area contributed by atoms with E-state index >= 15 is 0 Å². The van der Waals surface area contributed by atoms with E-state index in [1.165, 1.54) is 18.2 Å². The quantitative estimate of drug-likeness (QED) is 0.522. The van der Waals surface area contributed by atoms with Crippen LogP contribution in [0.2, 0.25) is 0 Å². The summed E-state index contributed by atoms with van der Waals surface area (Å²) < 4.78 is 16.4. The van der Waals surface area contributed by atoms with Crippen molar-refractivity contribution in [2.24, 2.45) is 0 Å². The largest absolute Gasteiger partial charge is 0.345 e. The van der Waals surface area contributed by atoms with E-state index < -0.39 is 11.7 Å². The number of aromatic nitrogens is 3. The number of halogens is 1. The molecule has 0 saturated heterocycles. The van der Waals surface area contributed by atoms with E-state index in [1.807, 2.05) is 4.57 Å². The van der Waals surface area contributed by atoms with Gasteiger partial charge in [-0.3, -0.25) is 19.3 Å². The molecule has 4 rings (SSSR count). The number of rotatable bonds is 6. The second-order valence-electron chi connectivity index (χ2n) is 7.16. The molecule has 1 fully saturated rings. The Kier molecular flexibility index (Phi) is 5.45. The zero-order valence-corrected chi connectivity index (χ0v) is 17.1. The van der Waals surface area contributed by atoms with Crippen LogP contribution >= 0.6 is 12.2 Å². The molecule has 9 heteroatoms. The van der Waals surface area contributed by atoms with Gasteiger partial charge < -0.3 is 10.6 Å². The SMILES string of the molecule is Cc1cccc(C(=O)NCc2n[nH]c(=S)n2C2CC2)c1NC(=O)c1ccccc1F. The van der Waals surface area contributed by atoms with Crippen LogP contribution in [0.1, 0.15) is 51.0 Å². The molecule has 7 nitrogen and oxygen atoms in total. The number of nitrogens with zero attached hydrogens (tertiary/aromatic N) is 2. The van der Waals surface area contributed by atoms with Crippen LogP contribution in [0.25, 0.3) is 0 Å². The predicted octanol–water partition coefficient (Wildman–Crippen LogP) is 3.91. The summed E-state index contributed by atoms with van der Waals surface area (Å²) in [6.45, 7) is 1.96. The van der Waals surface area contributed by atoms with Crippen LogP contribution in [0.4, 0.5) is 10.1 Å². The van der Waals surface area contributed by atoms with E-state index in [9.17, 15) is 14.0 Å². The molecule has 154 valence electrons. The molecular formula is C21H20FN5O2S. The van der Waals surface area contributed by atoms with Crippen molar-refractivity contribution in [1.29, 1.82) is 0 Å². The first-order chi connectivity index (χ1) is 14.5. The van der Waals surface area contributed by atoms with Crippen molar-refractivity contribution in [2.45, 2.75) is 32.4 Å². The zero-order valence-electron chi connectivity index (χ0n) is 16.2. The lowest BCUT2D eigenvalue weighted by Gasteiger charge is -2.14. The van der Waals surface area contributed by atoms with Gasteiger partial charge in [0, 0.05) is 6.04 Å². The topological polar surface area (TPSA) is 91.8 Å². The fourth-order valence-electron chi connectivity index (χ4n) is 3.27. The minimum absolute atomic E-state index is 0.0907. The van der Waals surface area contributed by atoms with E-state index in [2.05, 4.69) is 20.8 Å². The lowest BCUT2D eigenvalue weighted by molar-refractivity contribution is 0.0950. The standard InChI is InChI=1S/C21H20FN5O2S/c1-12-5-4-7-15(18(12)24-20(29)14-6-2-3-8-16(14)22)19(28)23-11-17-25-26-21(30)27(17)13-9-10-13/h2-8,13H,9-11H2,1H3,(H,23,28)(H,24,29)(H,26,30). The van der Waals surface area contributed by atoms with Crippen LogP contribution < -0.4 is 10.6 Å². The molecule has 0 unspecified atom stereocenters. The number of nitrogens with one attached hydrogen (secondary N) is 3. The molecule has 2 aromatic carbocycles. The maximum absolute atomic E-state index is 14.0. The smallest absolute Gasteiger partial charge is 0.258 e. The highest BCUT2D eigenvalue weighted by Crippen LogP contribution is 2.35. The van der Waals surface area contributed by atoms with Crippen LogP contribution in [-0.4, -0.2) is 26.6 Å². The van der Waals surface area contributed by atoms with Crippen LogP contribution in [0.5, 0.6) is 0 Å². The highest BCUT2D eigenvalue weighted by atomic mass is 32.1. The van der Waals surface area contributed by atoms with E-state index in [0.29, 0.717) is 27.9 Å². The molecule has 1 aliphatic rings. The number of aromatic amines is 1. The first-order valence-corrected chi connectivity index (χ1v) is 9.96. The molecule has 30 heavy (non-hydrogen) atoms. The van der Waals surface area contributed by atoms with E-state index in [-0.39, 0.29) is 23.6 Å². The third-order valence-electron chi connectivity index (χ3n) is 4.97. The van der Waals surface area contributed by atoms with Crippen LogP contribution in [-0.2, 0) is 6.54 Å². The number of H-pyrrole nitrogens is 1. The molecule has 1 aromatic heterocycles. The van der Waals surface area contributed by atoms with Crippen molar-refractivity contribution in [3.8, 4) is 0 Å². The normalized spacial score (nSPS) is 13.1. The molecule has 1 heterocycles. The Labute approximate surface area is 177 Å². The molecule has 3 N–H and O–H groups in total. The van der Waals surface area contributed by atoms with Crippen LogP contribution in [0, 0.1) is 17.5 Å². The third-order valence-corrected chi connectivity index (χ3v) is 5.26. The molecule has 0 aliphatic heterocycles. The minimum Gasteiger partial charge on any atom is -0.345 e. The van der Waals surface area contributed by atoms with Gasteiger partial charge in [0.05, 0.1) is 23.4 Å². The summed E-state index contributed by atoms with van der Waals surface area (Å²) in [4.78, 5) is 25.4. The van der Waals surface area contributed by atoms with Crippen LogP contribution in [0.3, 0.4) is 0 Å². The van der Waals surface area contributed by atoms with Crippen molar-refractivity contribution in [3.05, 3.63) is 75.6 Å². The van der Waals surface area contributed by atoms with Gasteiger partial charge in [0.15, 0.2) is 10.6 Å². The average Bonchev–Trinajstić information content (AvgIpc) is 3.50. The Morgan fingerprint density at radius 1 is 1.17 bits per heavy atom. The molecule has 3 aromatic rings. The molecule has 0 radical (unpaired) electrons. The summed E-state index contributed by atoms with van der Waals surface area (Å²) in [5.74, 6) is -0.970. The summed E-state index contributed by atoms with van der Waals surface area (Å²) in [6, 6.07) is 11.1. The Hall–Kier alpha value is -3.33. The molecule has 2 amide bonds. The average molecular weight is 425 g/mol. The number of benzene rings is 2. The van der Waals surface area contributed by atoms with Gasteiger partial charge in [-0.25, -0.2) is 4.39 Å². The number of anilines is 1. The maximum Gasteiger partial charge on any atom is 0.258 e. The van der Waals surface area contributed by atoms with Gasteiger partial charge in [0.25, 0.3) is 11.8 Å². The summed E-state index contributed by atoms with van der Waals surface area (Å²) >= 11 is 5.26. The minimum atomic E-state index is -0.627. The Bertz CT molecular complexity index is 1180. The van der Waals surface area contributed by atoms with E-state index in [0.717, 1.165) is 12.8 Å². The number of para-hydroxylation sites is 1. The summed E-state index contributed by atoms with van der Waals surface area (Å²) in [5, 5.41) is 12.5. The van der Waals surface area contributed by atoms with E-state index in [4.69, 9.17) is 12.2 Å². The lowest BCUT2D eigenvalue weighted by Crippen LogP contribution is -2.27. The molecule has 0 spiro atoms. The molecular weight excluding hydrogens is 405 g/mol. The number of aryl methyl sites for hydroxylation is 1. The molecule has 1 saturated carbocycles. The number of carbonyl (C=O) groups excluding carboxylic acids is 2. The fraction of sp³-hybridized carbons (Fsp3) is 0.238. The van der Waals surface area contributed by atoms with Gasteiger partial charge in [-0.05, 0) is 55.7 Å². The van der Waals surface area contributed by atoms with E-state index in [1.54, 1.807) is 31.2 Å². The Balaban J connectivity index is 1.54.